The first-order valence-electron chi connectivity index (χ1n) is 16.6. The Kier molecular flexibility index (Phi) is 7.67. The average molecular weight is 636 g/mol. The molecule has 0 fully saturated rings. The molecule has 0 aliphatic carbocycles. The van der Waals surface area contributed by atoms with Crippen LogP contribution in [0.4, 0.5) is 17.1 Å². The van der Waals surface area contributed by atoms with Gasteiger partial charge in [0.1, 0.15) is 0 Å². The topological polar surface area (TPSA) is 3.24 Å². The summed E-state index contributed by atoms with van der Waals surface area (Å²) < 4.78 is 2.61. The molecule has 48 heavy (non-hydrogen) atoms. The van der Waals surface area contributed by atoms with Gasteiger partial charge in [0, 0.05) is 37.1 Å². The van der Waals surface area contributed by atoms with E-state index in [2.05, 4.69) is 196 Å². The molecule has 0 atom stereocenters. The van der Waals surface area contributed by atoms with E-state index in [0.29, 0.717) is 0 Å². The van der Waals surface area contributed by atoms with Crippen molar-refractivity contribution >= 4 is 48.6 Å². The molecule has 0 aliphatic heterocycles. The van der Waals surface area contributed by atoms with Gasteiger partial charge in [-0.1, -0.05) is 148 Å². The Balaban J connectivity index is 1.43. The Morgan fingerprint density at radius 3 is 1.58 bits per heavy atom. The van der Waals surface area contributed by atoms with Crippen molar-refractivity contribution < 1.29 is 0 Å². The molecule has 0 amide bonds. The van der Waals surface area contributed by atoms with Gasteiger partial charge in [-0.3, -0.25) is 0 Å². The van der Waals surface area contributed by atoms with Crippen molar-refractivity contribution in [1.82, 2.24) is 0 Å². The third kappa shape index (κ3) is 5.59. The summed E-state index contributed by atoms with van der Waals surface area (Å²) in [5.41, 5.74) is 11.9. The average Bonchev–Trinajstić information content (AvgIpc) is 3.51. The molecule has 1 aromatic heterocycles. The summed E-state index contributed by atoms with van der Waals surface area (Å²) in [6.45, 7) is 7.00. The van der Waals surface area contributed by atoms with Crippen molar-refractivity contribution in [2.45, 2.75) is 26.2 Å². The van der Waals surface area contributed by atoms with Crippen LogP contribution in [0.2, 0.25) is 0 Å². The lowest BCUT2D eigenvalue weighted by Gasteiger charge is -2.35. The minimum atomic E-state index is -0.145. The van der Waals surface area contributed by atoms with E-state index in [1.807, 2.05) is 11.3 Å². The van der Waals surface area contributed by atoms with Gasteiger partial charge in [-0.15, -0.1) is 11.3 Å². The van der Waals surface area contributed by atoms with E-state index in [0.717, 1.165) is 11.4 Å². The van der Waals surface area contributed by atoms with Gasteiger partial charge in [0.15, 0.2) is 0 Å². The molecule has 232 valence electrons. The monoisotopic (exact) mass is 635 g/mol. The molecular formula is C46H37NS. The van der Waals surface area contributed by atoms with Crippen LogP contribution in [0.25, 0.3) is 53.6 Å². The lowest BCUT2D eigenvalue weighted by Crippen LogP contribution is -2.20. The summed E-state index contributed by atoms with van der Waals surface area (Å²) in [5, 5.41) is 2.62. The molecule has 0 bridgehead atoms. The van der Waals surface area contributed by atoms with Crippen LogP contribution in [0.1, 0.15) is 26.3 Å². The van der Waals surface area contributed by atoms with Crippen molar-refractivity contribution in [1.29, 1.82) is 0 Å². The maximum atomic E-state index is 2.50. The quantitative estimate of drug-likeness (QED) is 0.176. The van der Waals surface area contributed by atoms with E-state index in [1.165, 1.54) is 64.8 Å². The molecule has 0 saturated carbocycles. The molecule has 0 saturated heterocycles. The standard InChI is InChI=1S/C46H37NS/c1-46(2,3)42-30-36(33-17-9-5-10-18-33)29-41(35-19-11-6-12-20-35)45(42)47(37-25-23-34(24-26-37)32-15-7-4-8-16-32)38-27-28-40-39-21-13-14-22-43(39)48-44(40)31-38/h4-31H,1-3H3. The van der Waals surface area contributed by atoms with E-state index >= 15 is 0 Å². The van der Waals surface area contributed by atoms with Gasteiger partial charge in [-0.05, 0) is 81.3 Å². The van der Waals surface area contributed by atoms with Gasteiger partial charge >= 0.3 is 0 Å². The predicted molar refractivity (Wildman–Crippen MR) is 209 cm³/mol. The second-order valence-corrected chi connectivity index (χ2v) is 14.5. The molecule has 8 aromatic rings. The Morgan fingerprint density at radius 1 is 0.417 bits per heavy atom. The van der Waals surface area contributed by atoms with Gasteiger partial charge in [0.25, 0.3) is 0 Å². The molecule has 0 unspecified atom stereocenters. The van der Waals surface area contributed by atoms with Crippen LogP contribution in [0.15, 0.2) is 170 Å². The van der Waals surface area contributed by atoms with Crippen LogP contribution in [0, 0.1) is 0 Å². The normalized spacial score (nSPS) is 11.6. The third-order valence-corrected chi connectivity index (χ3v) is 10.3. The Bertz CT molecular complexity index is 2350. The summed E-state index contributed by atoms with van der Waals surface area (Å²) in [5.74, 6) is 0. The molecule has 0 radical (unpaired) electrons. The highest BCUT2D eigenvalue weighted by Crippen LogP contribution is 2.49. The second kappa shape index (κ2) is 12.3. The fourth-order valence-corrected chi connectivity index (χ4v) is 7.92. The molecule has 0 aliphatic rings. The highest BCUT2D eigenvalue weighted by Gasteiger charge is 2.28. The van der Waals surface area contributed by atoms with Crippen molar-refractivity contribution in [3.05, 3.63) is 175 Å². The number of hydrogen-bond donors (Lipinski definition) is 0. The Labute approximate surface area is 287 Å². The smallest absolute Gasteiger partial charge is 0.0577 e. The zero-order chi connectivity index (χ0) is 32.7. The highest BCUT2D eigenvalue weighted by molar-refractivity contribution is 7.25. The van der Waals surface area contributed by atoms with Crippen LogP contribution < -0.4 is 4.90 Å². The summed E-state index contributed by atoms with van der Waals surface area (Å²) in [4.78, 5) is 2.50. The fourth-order valence-electron chi connectivity index (χ4n) is 6.78. The number of anilines is 3. The van der Waals surface area contributed by atoms with Crippen molar-refractivity contribution in [2.24, 2.45) is 0 Å². The lowest BCUT2D eigenvalue weighted by atomic mass is 9.80. The number of rotatable bonds is 6. The van der Waals surface area contributed by atoms with E-state index in [1.54, 1.807) is 0 Å². The largest absolute Gasteiger partial charge is 0.310 e. The van der Waals surface area contributed by atoms with Crippen LogP contribution in [-0.2, 0) is 5.41 Å². The first-order valence-corrected chi connectivity index (χ1v) is 17.4. The SMILES string of the molecule is CC(C)(C)c1cc(-c2ccccc2)cc(-c2ccccc2)c1N(c1ccc(-c2ccccc2)cc1)c1ccc2c(c1)sc1ccccc12. The molecule has 2 heteroatoms. The number of hydrogen-bond acceptors (Lipinski definition) is 2. The zero-order valence-corrected chi connectivity index (χ0v) is 28.3. The van der Waals surface area contributed by atoms with Crippen LogP contribution in [0.5, 0.6) is 0 Å². The maximum Gasteiger partial charge on any atom is 0.0577 e. The molecule has 0 N–H and O–H groups in total. The van der Waals surface area contributed by atoms with Gasteiger partial charge in [-0.2, -0.15) is 0 Å². The Morgan fingerprint density at radius 2 is 0.938 bits per heavy atom. The summed E-state index contributed by atoms with van der Waals surface area (Å²) in [6.07, 6.45) is 0. The lowest BCUT2D eigenvalue weighted by molar-refractivity contribution is 0.591. The van der Waals surface area contributed by atoms with Gasteiger partial charge in [0.2, 0.25) is 0 Å². The Hall–Kier alpha value is -5.44. The molecule has 7 aromatic carbocycles. The zero-order valence-electron chi connectivity index (χ0n) is 27.5. The first-order chi connectivity index (χ1) is 23.4. The van der Waals surface area contributed by atoms with Crippen molar-refractivity contribution in [2.75, 3.05) is 4.90 Å². The van der Waals surface area contributed by atoms with Crippen molar-refractivity contribution in [3.63, 3.8) is 0 Å². The molecule has 1 nitrogen and oxygen atoms in total. The minimum Gasteiger partial charge on any atom is -0.310 e. The number of thiophene rings is 1. The van der Waals surface area contributed by atoms with E-state index < -0.39 is 0 Å². The number of fused-ring (bicyclic) bond motifs is 3. The highest BCUT2D eigenvalue weighted by atomic mass is 32.1. The molecular weight excluding hydrogens is 599 g/mol. The van der Waals surface area contributed by atoms with Gasteiger partial charge in [-0.25, -0.2) is 0 Å². The fraction of sp³-hybridized carbons (Fsp3) is 0.0870. The van der Waals surface area contributed by atoms with E-state index in [-0.39, 0.29) is 5.41 Å². The second-order valence-electron chi connectivity index (χ2n) is 13.4. The third-order valence-electron chi connectivity index (χ3n) is 9.19. The maximum absolute atomic E-state index is 2.50. The molecule has 1 heterocycles. The summed E-state index contributed by atoms with van der Waals surface area (Å²) >= 11 is 1.87. The van der Waals surface area contributed by atoms with Crippen LogP contribution in [-0.4, -0.2) is 0 Å². The predicted octanol–water partition coefficient (Wildman–Crippen LogP) is 13.8. The van der Waals surface area contributed by atoms with Gasteiger partial charge < -0.3 is 4.90 Å². The molecule has 0 spiro atoms. The van der Waals surface area contributed by atoms with Gasteiger partial charge in [0.05, 0.1) is 5.69 Å². The van der Waals surface area contributed by atoms with Crippen LogP contribution in [0.3, 0.4) is 0 Å². The van der Waals surface area contributed by atoms with E-state index in [9.17, 15) is 0 Å². The van der Waals surface area contributed by atoms with Crippen LogP contribution >= 0.6 is 11.3 Å². The van der Waals surface area contributed by atoms with Crippen molar-refractivity contribution in [3.8, 4) is 33.4 Å². The summed E-state index contributed by atoms with van der Waals surface area (Å²) in [7, 11) is 0. The minimum absolute atomic E-state index is 0.145. The van der Waals surface area contributed by atoms with E-state index in [4.69, 9.17) is 0 Å². The number of nitrogens with zero attached hydrogens (tertiary/aromatic N) is 1. The summed E-state index contributed by atoms with van der Waals surface area (Å²) in [6, 6.07) is 61.9. The molecule has 8 rings (SSSR count). The number of benzene rings is 7. The first kappa shape index (κ1) is 29.9.